The van der Waals surface area contributed by atoms with Crippen LogP contribution in [0.4, 0.5) is 36.3 Å². The van der Waals surface area contributed by atoms with E-state index >= 15 is 0 Å². The van der Waals surface area contributed by atoms with Crippen LogP contribution >= 0.6 is 0 Å². The Morgan fingerprint density at radius 1 is 1.11 bits per heavy atom. The molecule has 0 saturated carbocycles. The second-order valence-electron chi connectivity index (χ2n) is 8.49. The number of carbonyl (C=O) groups is 2. The van der Waals surface area contributed by atoms with Gasteiger partial charge in [0.1, 0.15) is 11.4 Å². The van der Waals surface area contributed by atoms with Gasteiger partial charge in [-0.15, -0.1) is 0 Å². The molecule has 3 N–H and O–H groups in total. The first kappa shape index (κ1) is 25.7. The number of rotatable bonds is 7. The molecule has 2 amide bonds. The third-order valence-corrected chi connectivity index (χ3v) is 5.88. The summed E-state index contributed by atoms with van der Waals surface area (Å²) in [5.74, 6) is -1.09. The van der Waals surface area contributed by atoms with Crippen molar-refractivity contribution >= 4 is 35.0 Å². The Kier molecular flexibility index (Phi) is 7.42. The maximum Gasteiger partial charge on any atom is 0.421 e. The molecule has 1 fully saturated rings. The van der Waals surface area contributed by atoms with Crippen LogP contribution in [-0.4, -0.2) is 45.8 Å². The number of carbonyl (C=O) groups excluding carboxylic acids is 2. The molecule has 3 aromatic rings. The number of likely N-dealkylation sites (tertiary alicyclic amines) is 1. The fraction of sp³-hybridized carbons (Fsp3) is 0.231. The van der Waals surface area contributed by atoms with Crippen molar-refractivity contribution in [3.63, 3.8) is 0 Å². The van der Waals surface area contributed by atoms with Gasteiger partial charge in [0.15, 0.2) is 0 Å². The standard InChI is InChI=1S/C26H25F3N6O2/c1-3-23(37)32-22-13-18(17-7-5-4-6-8-17)9-10-21(22)33-24-20(26(27,28)29)14-30-25(34-24)31-19-11-12-35(15-19)16(2)36/h3-10,13-14,19H,1,11-12,15H2,2H3,(H,32,37)(H2,30,31,33,34)/t19-/m1/s1. The highest BCUT2D eigenvalue weighted by molar-refractivity contribution is 6.02. The van der Waals surface area contributed by atoms with E-state index in [1.165, 1.54) is 6.92 Å². The van der Waals surface area contributed by atoms with E-state index in [0.717, 1.165) is 17.2 Å². The average Bonchev–Trinajstić information content (AvgIpc) is 3.34. The van der Waals surface area contributed by atoms with E-state index in [0.29, 0.717) is 25.7 Å². The Hall–Kier alpha value is -4.41. The van der Waals surface area contributed by atoms with Gasteiger partial charge in [0.2, 0.25) is 17.8 Å². The number of aromatic nitrogens is 2. The third-order valence-electron chi connectivity index (χ3n) is 5.88. The lowest BCUT2D eigenvalue weighted by Gasteiger charge is -2.19. The van der Waals surface area contributed by atoms with Crippen LogP contribution in [-0.2, 0) is 15.8 Å². The Balaban J connectivity index is 1.68. The summed E-state index contributed by atoms with van der Waals surface area (Å²) in [6.45, 7) is 5.85. The van der Waals surface area contributed by atoms with Gasteiger partial charge in [0, 0.05) is 32.3 Å². The zero-order valence-electron chi connectivity index (χ0n) is 20.0. The number of nitrogens with zero attached hydrogens (tertiary/aromatic N) is 3. The largest absolute Gasteiger partial charge is 0.421 e. The predicted molar refractivity (Wildman–Crippen MR) is 135 cm³/mol. The van der Waals surface area contributed by atoms with Crippen LogP contribution < -0.4 is 16.0 Å². The molecule has 1 atom stereocenters. The van der Waals surface area contributed by atoms with E-state index in [-0.39, 0.29) is 29.3 Å². The second-order valence-corrected chi connectivity index (χ2v) is 8.49. The fourth-order valence-corrected chi connectivity index (χ4v) is 3.98. The third kappa shape index (κ3) is 6.24. The molecule has 0 spiro atoms. The predicted octanol–water partition coefficient (Wildman–Crippen LogP) is 5.06. The molecule has 37 heavy (non-hydrogen) atoms. The number of anilines is 4. The Bertz CT molecular complexity index is 1310. The molecule has 0 aliphatic carbocycles. The Labute approximate surface area is 211 Å². The minimum Gasteiger partial charge on any atom is -0.350 e. The highest BCUT2D eigenvalue weighted by Gasteiger charge is 2.36. The van der Waals surface area contributed by atoms with Gasteiger partial charge in [0.05, 0.1) is 11.4 Å². The highest BCUT2D eigenvalue weighted by Crippen LogP contribution is 2.37. The topological polar surface area (TPSA) is 99.2 Å². The van der Waals surface area contributed by atoms with Gasteiger partial charge in [-0.2, -0.15) is 18.2 Å². The minimum absolute atomic E-state index is 0.0107. The first-order chi connectivity index (χ1) is 17.6. The first-order valence-electron chi connectivity index (χ1n) is 11.5. The summed E-state index contributed by atoms with van der Waals surface area (Å²) >= 11 is 0. The number of benzene rings is 2. The van der Waals surface area contributed by atoms with Crippen LogP contribution in [0.25, 0.3) is 11.1 Å². The molecule has 2 aromatic carbocycles. The van der Waals surface area contributed by atoms with Crippen molar-refractivity contribution in [3.05, 3.63) is 72.9 Å². The number of halogens is 3. The van der Waals surface area contributed by atoms with Crippen molar-refractivity contribution in [2.45, 2.75) is 25.6 Å². The van der Waals surface area contributed by atoms with E-state index in [2.05, 4.69) is 32.5 Å². The molecule has 11 heteroatoms. The van der Waals surface area contributed by atoms with Crippen LogP contribution in [0.3, 0.4) is 0 Å². The molecule has 0 bridgehead atoms. The van der Waals surface area contributed by atoms with Crippen molar-refractivity contribution in [1.29, 1.82) is 0 Å². The second kappa shape index (κ2) is 10.7. The summed E-state index contributed by atoms with van der Waals surface area (Å²) in [7, 11) is 0. The monoisotopic (exact) mass is 510 g/mol. The summed E-state index contributed by atoms with van der Waals surface area (Å²) in [6.07, 6.45) is -2.34. The van der Waals surface area contributed by atoms with Crippen molar-refractivity contribution in [2.75, 3.05) is 29.0 Å². The van der Waals surface area contributed by atoms with Crippen molar-refractivity contribution in [1.82, 2.24) is 14.9 Å². The number of hydrogen-bond acceptors (Lipinski definition) is 6. The molecule has 1 aliphatic heterocycles. The van der Waals surface area contributed by atoms with Gasteiger partial charge in [0.25, 0.3) is 0 Å². The summed E-state index contributed by atoms with van der Waals surface area (Å²) in [5.41, 5.74) is 1.00. The lowest BCUT2D eigenvalue weighted by atomic mass is 10.0. The summed E-state index contributed by atoms with van der Waals surface area (Å²) in [6, 6.07) is 14.1. The van der Waals surface area contributed by atoms with Crippen molar-refractivity contribution in [3.8, 4) is 11.1 Å². The van der Waals surface area contributed by atoms with Crippen LogP contribution in [0, 0.1) is 0 Å². The van der Waals surface area contributed by atoms with Crippen molar-refractivity contribution < 1.29 is 22.8 Å². The molecule has 2 heterocycles. The van der Waals surface area contributed by atoms with Gasteiger partial charge in [-0.1, -0.05) is 43.0 Å². The van der Waals surface area contributed by atoms with Crippen LogP contribution in [0.1, 0.15) is 18.9 Å². The van der Waals surface area contributed by atoms with Crippen molar-refractivity contribution in [2.24, 2.45) is 0 Å². The molecule has 1 saturated heterocycles. The van der Waals surface area contributed by atoms with Gasteiger partial charge in [-0.3, -0.25) is 9.59 Å². The number of alkyl halides is 3. The minimum atomic E-state index is -4.73. The summed E-state index contributed by atoms with van der Waals surface area (Å²) in [4.78, 5) is 33.3. The van der Waals surface area contributed by atoms with E-state index < -0.39 is 23.5 Å². The summed E-state index contributed by atoms with van der Waals surface area (Å²) < 4.78 is 41.4. The maximum atomic E-state index is 13.8. The fourth-order valence-electron chi connectivity index (χ4n) is 3.98. The van der Waals surface area contributed by atoms with Crippen LogP contribution in [0.5, 0.6) is 0 Å². The number of nitrogens with one attached hydrogen (secondary N) is 3. The van der Waals surface area contributed by atoms with E-state index in [9.17, 15) is 22.8 Å². The SMILES string of the molecule is C=CC(=O)Nc1cc(-c2ccccc2)ccc1Nc1nc(N[C@@H]2CCN(C(C)=O)C2)ncc1C(F)(F)F. The van der Waals surface area contributed by atoms with Gasteiger partial charge >= 0.3 is 6.18 Å². The molecule has 0 unspecified atom stereocenters. The highest BCUT2D eigenvalue weighted by atomic mass is 19.4. The Morgan fingerprint density at radius 3 is 2.51 bits per heavy atom. The lowest BCUT2D eigenvalue weighted by Crippen LogP contribution is -2.30. The molecule has 0 radical (unpaired) electrons. The number of hydrogen-bond donors (Lipinski definition) is 3. The normalized spacial score (nSPS) is 15.2. The summed E-state index contributed by atoms with van der Waals surface area (Å²) in [5, 5.41) is 8.37. The first-order valence-corrected chi connectivity index (χ1v) is 11.5. The van der Waals surface area contributed by atoms with Gasteiger partial charge in [-0.25, -0.2) is 4.98 Å². The van der Waals surface area contributed by atoms with E-state index in [1.54, 1.807) is 23.1 Å². The lowest BCUT2D eigenvalue weighted by molar-refractivity contribution is -0.137. The van der Waals surface area contributed by atoms with E-state index in [1.807, 2.05) is 30.3 Å². The zero-order valence-corrected chi connectivity index (χ0v) is 20.0. The van der Waals surface area contributed by atoms with Crippen LogP contribution in [0.15, 0.2) is 67.4 Å². The molecule has 192 valence electrons. The molecule has 4 rings (SSSR count). The zero-order chi connectivity index (χ0) is 26.6. The smallest absolute Gasteiger partial charge is 0.350 e. The quantitative estimate of drug-likeness (QED) is 0.384. The molecule has 8 nitrogen and oxygen atoms in total. The number of amides is 2. The average molecular weight is 511 g/mol. The maximum absolute atomic E-state index is 13.8. The van der Waals surface area contributed by atoms with Gasteiger partial charge in [-0.05, 0) is 35.8 Å². The molecular weight excluding hydrogens is 485 g/mol. The van der Waals surface area contributed by atoms with Gasteiger partial charge < -0.3 is 20.9 Å². The molecule has 1 aliphatic rings. The van der Waals surface area contributed by atoms with Crippen LogP contribution in [0.2, 0.25) is 0 Å². The molecule has 1 aromatic heterocycles. The molecular formula is C26H25F3N6O2. The van der Waals surface area contributed by atoms with E-state index in [4.69, 9.17) is 0 Å². The Morgan fingerprint density at radius 2 is 1.86 bits per heavy atom.